The Bertz CT molecular complexity index is 3520. The Morgan fingerprint density at radius 3 is 1.64 bits per heavy atom. The van der Waals surface area contributed by atoms with E-state index in [-0.39, 0.29) is 0 Å². The van der Waals surface area contributed by atoms with Crippen molar-refractivity contribution in [1.29, 1.82) is 0 Å². The van der Waals surface area contributed by atoms with Crippen LogP contribution in [-0.4, -0.2) is 4.57 Å². The van der Waals surface area contributed by atoms with Gasteiger partial charge in [-0.15, -0.1) is 0 Å². The van der Waals surface area contributed by atoms with Crippen LogP contribution < -0.4 is 4.90 Å². The Morgan fingerprint density at radius 1 is 0.344 bits per heavy atom. The molecule has 3 heteroatoms. The molecule has 3 nitrogen and oxygen atoms in total. The van der Waals surface area contributed by atoms with Crippen molar-refractivity contribution in [3.63, 3.8) is 0 Å². The zero-order valence-electron chi connectivity index (χ0n) is 33.2. The van der Waals surface area contributed by atoms with Crippen LogP contribution in [0.5, 0.6) is 0 Å². The Labute approximate surface area is 353 Å². The summed E-state index contributed by atoms with van der Waals surface area (Å²) in [5.41, 5.74) is 15.6. The third-order valence-electron chi connectivity index (χ3n) is 12.2. The second kappa shape index (κ2) is 14.3. The number of para-hydroxylation sites is 4. The van der Waals surface area contributed by atoms with Crippen molar-refractivity contribution < 1.29 is 4.42 Å². The fraction of sp³-hybridized carbons (Fsp3) is 0. The van der Waals surface area contributed by atoms with E-state index in [4.69, 9.17) is 4.42 Å². The van der Waals surface area contributed by atoms with E-state index < -0.39 is 0 Å². The molecule has 2 heterocycles. The molecule has 0 fully saturated rings. The predicted molar refractivity (Wildman–Crippen MR) is 257 cm³/mol. The number of hydrogen-bond acceptors (Lipinski definition) is 2. The minimum atomic E-state index is 0.903. The molecule has 0 aliphatic heterocycles. The van der Waals surface area contributed by atoms with Crippen molar-refractivity contribution in [3.05, 3.63) is 231 Å². The van der Waals surface area contributed by atoms with Crippen molar-refractivity contribution in [2.45, 2.75) is 0 Å². The highest BCUT2D eigenvalue weighted by Crippen LogP contribution is 2.44. The van der Waals surface area contributed by atoms with E-state index in [1.165, 1.54) is 49.3 Å². The number of hydrogen-bond donors (Lipinski definition) is 0. The number of rotatable bonds is 7. The molecule has 12 rings (SSSR count). The predicted octanol–water partition coefficient (Wildman–Crippen LogP) is 16.3. The molecular formula is C58H38N2O. The molecule has 0 saturated carbocycles. The number of aromatic nitrogens is 1. The zero-order chi connectivity index (χ0) is 40.3. The molecule has 12 aromatic rings. The Morgan fingerprint density at radius 2 is 0.902 bits per heavy atom. The molecule has 0 amide bonds. The van der Waals surface area contributed by atoms with E-state index in [2.05, 4.69) is 234 Å². The van der Waals surface area contributed by atoms with Crippen LogP contribution in [0.2, 0.25) is 0 Å². The Kier molecular flexibility index (Phi) is 8.17. The van der Waals surface area contributed by atoms with Gasteiger partial charge in [-0.1, -0.05) is 158 Å². The fourth-order valence-corrected chi connectivity index (χ4v) is 9.31. The molecule has 0 saturated heterocycles. The minimum Gasteiger partial charge on any atom is -0.456 e. The van der Waals surface area contributed by atoms with Gasteiger partial charge in [-0.3, -0.25) is 0 Å². The van der Waals surface area contributed by atoms with E-state index >= 15 is 0 Å². The molecule has 0 spiro atoms. The lowest BCUT2D eigenvalue weighted by molar-refractivity contribution is 0.669. The first-order chi connectivity index (χ1) is 30.2. The van der Waals surface area contributed by atoms with Gasteiger partial charge in [0, 0.05) is 44.2 Å². The van der Waals surface area contributed by atoms with E-state index in [0.717, 1.165) is 61.4 Å². The summed E-state index contributed by atoms with van der Waals surface area (Å²) >= 11 is 0. The van der Waals surface area contributed by atoms with Gasteiger partial charge in [0.25, 0.3) is 0 Å². The second-order valence-electron chi connectivity index (χ2n) is 15.7. The molecule has 286 valence electrons. The smallest absolute Gasteiger partial charge is 0.136 e. The maximum atomic E-state index is 6.32. The molecule has 0 aliphatic rings. The van der Waals surface area contributed by atoms with Crippen LogP contribution in [0.25, 0.3) is 93.6 Å². The number of benzene rings is 10. The summed E-state index contributed by atoms with van der Waals surface area (Å²) in [4.78, 5) is 2.39. The first-order valence-corrected chi connectivity index (χ1v) is 20.8. The Hall–Kier alpha value is -8.14. The summed E-state index contributed by atoms with van der Waals surface area (Å²) < 4.78 is 8.70. The third kappa shape index (κ3) is 5.90. The molecular weight excluding hydrogens is 741 g/mol. The number of nitrogens with zero attached hydrogens (tertiary/aromatic N) is 2. The SMILES string of the molecule is c1ccc(-c2ccc(N(c3ccc(-c4cccc(-n5c6ccccc6c6ccccc65)c4)cc3)c3ccccc3-c3ccc4ccc5oc6ccccc6c5c4c3)cc2)cc1. The Balaban J connectivity index is 0.982. The summed E-state index contributed by atoms with van der Waals surface area (Å²) in [5, 5.41) is 7.18. The summed E-state index contributed by atoms with van der Waals surface area (Å²) in [7, 11) is 0. The molecule has 61 heavy (non-hydrogen) atoms. The van der Waals surface area contributed by atoms with Crippen LogP contribution in [0.3, 0.4) is 0 Å². The highest BCUT2D eigenvalue weighted by molar-refractivity contribution is 6.19. The van der Waals surface area contributed by atoms with Gasteiger partial charge in [-0.25, -0.2) is 0 Å². The van der Waals surface area contributed by atoms with Crippen molar-refractivity contribution in [3.8, 4) is 39.1 Å². The van der Waals surface area contributed by atoms with Crippen LogP contribution >= 0.6 is 0 Å². The highest BCUT2D eigenvalue weighted by atomic mass is 16.3. The van der Waals surface area contributed by atoms with Gasteiger partial charge in [0.1, 0.15) is 11.2 Å². The van der Waals surface area contributed by atoms with Crippen LogP contribution in [-0.2, 0) is 0 Å². The standard InChI is InChI=1S/C58H38N2O/c1-2-13-39(14-3-1)40-27-32-45(33-28-40)59(53-21-8-4-17-48(53)44-26-25-42-31-36-57-58(52(42)38-44)51-20-7-11-24-56(51)61-57)46-34-29-41(30-35-46)43-15-12-16-47(37-43)60-54-22-9-5-18-49(54)50-19-6-10-23-55(50)60/h1-38H. The quantitative estimate of drug-likeness (QED) is 0.161. The van der Waals surface area contributed by atoms with Crippen molar-refractivity contribution in [1.82, 2.24) is 4.57 Å². The fourth-order valence-electron chi connectivity index (χ4n) is 9.31. The van der Waals surface area contributed by atoms with Gasteiger partial charge >= 0.3 is 0 Å². The van der Waals surface area contributed by atoms with Crippen LogP contribution in [0, 0.1) is 0 Å². The molecule has 0 unspecified atom stereocenters. The lowest BCUT2D eigenvalue weighted by Crippen LogP contribution is -2.11. The third-order valence-corrected chi connectivity index (χ3v) is 12.2. The average Bonchev–Trinajstić information content (AvgIpc) is 3.89. The molecule has 0 radical (unpaired) electrons. The minimum absolute atomic E-state index is 0.903. The van der Waals surface area contributed by atoms with E-state index in [9.17, 15) is 0 Å². The van der Waals surface area contributed by atoms with Crippen LogP contribution in [0.15, 0.2) is 235 Å². The summed E-state index contributed by atoms with van der Waals surface area (Å²) in [6.45, 7) is 0. The first kappa shape index (κ1) is 34.9. The average molecular weight is 779 g/mol. The van der Waals surface area contributed by atoms with Crippen molar-refractivity contribution in [2.24, 2.45) is 0 Å². The molecule has 0 aliphatic carbocycles. The highest BCUT2D eigenvalue weighted by Gasteiger charge is 2.19. The molecule has 2 aromatic heterocycles. The summed E-state index contributed by atoms with van der Waals surface area (Å²) in [5.74, 6) is 0. The van der Waals surface area contributed by atoms with Gasteiger partial charge in [0.15, 0.2) is 0 Å². The lowest BCUT2D eigenvalue weighted by atomic mass is 9.96. The maximum Gasteiger partial charge on any atom is 0.136 e. The summed E-state index contributed by atoms with van der Waals surface area (Å²) in [6.07, 6.45) is 0. The van der Waals surface area contributed by atoms with E-state index in [1.54, 1.807) is 0 Å². The van der Waals surface area contributed by atoms with Crippen LogP contribution in [0.1, 0.15) is 0 Å². The van der Waals surface area contributed by atoms with E-state index in [1.807, 2.05) is 6.07 Å². The normalized spacial score (nSPS) is 11.6. The first-order valence-electron chi connectivity index (χ1n) is 20.8. The molecule has 0 N–H and O–H groups in total. The van der Waals surface area contributed by atoms with Gasteiger partial charge in [0.05, 0.1) is 16.7 Å². The van der Waals surface area contributed by atoms with Gasteiger partial charge in [-0.05, 0) is 111 Å². The second-order valence-corrected chi connectivity index (χ2v) is 15.7. The monoisotopic (exact) mass is 778 g/mol. The number of fused-ring (bicyclic) bond motifs is 8. The molecule has 0 bridgehead atoms. The van der Waals surface area contributed by atoms with Crippen LogP contribution in [0.4, 0.5) is 17.1 Å². The number of furan rings is 1. The van der Waals surface area contributed by atoms with Crippen molar-refractivity contribution in [2.75, 3.05) is 4.90 Å². The number of anilines is 3. The topological polar surface area (TPSA) is 21.3 Å². The lowest BCUT2D eigenvalue weighted by Gasteiger charge is -2.28. The van der Waals surface area contributed by atoms with E-state index in [0.29, 0.717) is 0 Å². The summed E-state index contributed by atoms with van der Waals surface area (Å²) in [6, 6.07) is 83.0. The molecule has 10 aromatic carbocycles. The van der Waals surface area contributed by atoms with Gasteiger partial charge < -0.3 is 13.9 Å². The van der Waals surface area contributed by atoms with Crippen molar-refractivity contribution >= 4 is 71.6 Å². The van der Waals surface area contributed by atoms with Gasteiger partial charge in [0.2, 0.25) is 0 Å². The maximum absolute atomic E-state index is 6.32. The zero-order valence-corrected chi connectivity index (χ0v) is 33.2. The molecule has 0 atom stereocenters. The largest absolute Gasteiger partial charge is 0.456 e. The van der Waals surface area contributed by atoms with Gasteiger partial charge in [-0.2, -0.15) is 0 Å².